The first-order valence-electron chi connectivity index (χ1n) is 6.68. The summed E-state index contributed by atoms with van der Waals surface area (Å²) in [6.07, 6.45) is 1.57. The standard InChI is InChI=1S/C14H17ClN4O/c1-2-19-13(16-10-17-19)7-18-8-14(20,9-18)11-3-5-12(15)6-4-11/h3-6,10,20H,2,7-9H2,1H3. The number of benzene rings is 1. The minimum absolute atomic E-state index is 0.602. The summed E-state index contributed by atoms with van der Waals surface area (Å²) < 4.78 is 1.87. The van der Waals surface area contributed by atoms with Crippen molar-refractivity contribution >= 4 is 11.6 Å². The van der Waals surface area contributed by atoms with Crippen LogP contribution >= 0.6 is 11.6 Å². The smallest absolute Gasteiger partial charge is 0.140 e. The zero-order chi connectivity index (χ0) is 14.2. The first-order chi connectivity index (χ1) is 9.60. The van der Waals surface area contributed by atoms with Gasteiger partial charge in [0.15, 0.2) is 0 Å². The highest BCUT2D eigenvalue weighted by atomic mass is 35.5. The second kappa shape index (κ2) is 5.16. The third-order valence-corrected chi connectivity index (χ3v) is 3.96. The Hall–Kier alpha value is -1.43. The summed E-state index contributed by atoms with van der Waals surface area (Å²) in [6.45, 7) is 4.77. The minimum Gasteiger partial charge on any atom is -0.382 e. The predicted octanol–water partition coefficient (Wildman–Crippen LogP) is 1.65. The van der Waals surface area contributed by atoms with Crippen molar-refractivity contribution < 1.29 is 5.11 Å². The Balaban J connectivity index is 1.64. The van der Waals surface area contributed by atoms with Crippen molar-refractivity contribution in [2.24, 2.45) is 0 Å². The summed E-state index contributed by atoms with van der Waals surface area (Å²) >= 11 is 5.87. The Morgan fingerprint density at radius 1 is 1.30 bits per heavy atom. The third kappa shape index (κ3) is 2.44. The van der Waals surface area contributed by atoms with Crippen molar-refractivity contribution in [1.29, 1.82) is 0 Å². The number of hydrogen-bond donors (Lipinski definition) is 1. The normalized spacial score (nSPS) is 17.9. The molecule has 106 valence electrons. The number of aromatic nitrogens is 3. The van der Waals surface area contributed by atoms with Gasteiger partial charge >= 0.3 is 0 Å². The molecule has 1 aromatic carbocycles. The molecule has 0 amide bonds. The van der Waals surface area contributed by atoms with Crippen LogP contribution in [0.1, 0.15) is 18.3 Å². The Kier molecular flexibility index (Phi) is 3.50. The molecule has 0 bridgehead atoms. The molecular formula is C14H17ClN4O. The summed E-state index contributed by atoms with van der Waals surface area (Å²) in [7, 11) is 0. The molecule has 0 atom stereocenters. The van der Waals surface area contributed by atoms with Crippen LogP contribution < -0.4 is 0 Å². The van der Waals surface area contributed by atoms with Crippen molar-refractivity contribution in [1.82, 2.24) is 19.7 Å². The maximum Gasteiger partial charge on any atom is 0.140 e. The number of β-amino-alcohol motifs (C(OH)–C–C–N with tert-alkyl or cyclic N) is 1. The number of aryl methyl sites for hydroxylation is 1. The molecule has 2 aromatic rings. The second-order valence-corrected chi connectivity index (χ2v) is 5.61. The van der Waals surface area contributed by atoms with Gasteiger partial charge in [-0.1, -0.05) is 23.7 Å². The van der Waals surface area contributed by atoms with Gasteiger partial charge in [0, 0.05) is 24.7 Å². The number of nitrogens with zero attached hydrogens (tertiary/aromatic N) is 4. The number of likely N-dealkylation sites (tertiary alicyclic amines) is 1. The van der Waals surface area contributed by atoms with Gasteiger partial charge in [0.2, 0.25) is 0 Å². The van der Waals surface area contributed by atoms with Crippen molar-refractivity contribution in [2.75, 3.05) is 13.1 Å². The van der Waals surface area contributed by atoms with Crippen LogP contribution in [0, 0.1) is 0 Å². The summed E-state index contributed by atoms with van der Waals surface area (Å²) in [4.78, 5) is 6.41. The van der Waals surface area contributed by atoms with E-state index in [9.17, 15) is 5.11 Å². The van der Waals surface area contributed by atoms with Crippen LogP contribution in [0.25, 0.3) is 0 Å². The molecule has 0 spiro atoms. The highest BCUT2D eigenvalue weighted by Crippen LogP contribution is 2.33. The van der Waals surface area contributed by atoms with Gasteiger partial charge in [0.25, 0.3) is 0 Å². The van der Waals surface area contributed by atoms with Crippen LogP contribution in [0.15, 0.2) is 30.6 Å². The SMILES string of the molecule is CCn1ncnc1CN1CC(O)(c2ccc(Cl)cc2)C1. The van der Waals surface area contributed by atoms with Crippen molar-refractivity contribution in [2.45, 2.75) is 25.6 Å². The van der Waals surface area contributed by atoms with E-state index < -0.39 is 5.60 Å². The lowest BCUT2D eigenvalue weighted by Crippen LogP contribution is -2.58. The number of rotatable bonds is 4. The van der Waals surface area contributed by atoms with E-state index >= 15 is 0 Å². The van der Waals surface area contributed by atoms with Crippen LogP contribution in [-0.4, -0.2) is 37.9 Å². The van der Waals surface area contributed by atoms with Crippen molar-refractivity contribution in [3.05, 3.63) is 47.0 Å². The van der Waals surface area contributed by atoms with E-state index in [0.717, 1.165) is 17.9 Å². The highest BCUT2D eigenvalue weighted by Gasteiger charge is 2.42. The largest absolute Gasteiger partial charge is 0.382 e. The first kappa shape index (κ1) is 13.5. The first-order valence-corrected chi connectivity index (χ1v) is 7.06. The molecule has 1 saturated heterocycles. The average molecular weight is 293 g/mol. The second-order valence-electron chi connectivity index (χ2n) is 5.18. The molecule has 1 N–H and O–H groups in total. The maximum absolute atomic E-state index is 10.6. The van der Waals surface area contributed by atoms with Gasteiger partial charge in [-0.2, -0.15) is 5.10 Å². The van der Waals surface area contributed by atoms with Gasteiger partial charge in [-0.25, -0.2) is 9.67 Å². The highest BCUT2D eigenvalue weighted by molar-refractivity contribution is 6.30. The number of halogens is 1. The minimum atomic E-state index is -0.776. The Bertz CT molecular complexity index is 589. The summed E-state index contributed by atoms with van der Waals surface area (Å²) in [5, 5.41) is 15.4. The fraction of sp³-hybridized carbons (Fsp3) is 0.429. The molecule has 1 aliphatic heterocycles. The summed E-state index contributed by atoms with van der Waals surface area (Å²) in [5.74, 6) is 0.936. The molecule has 0 unspecified atom stereocenters. The van der Waals surface area contributed by atoms with Crippen molar-refractivity contribution in [3.63, 3.8) is 0 Å². The van der Waals surface area contributed by atoms with Gasteiger partial charge in [0.1, 0.15) is 17.8 Å². The van der Waals surface area contributed by atoms with E-state index in [-0.39, 0.29) is 0 Å². The zero-order valence-corrected chi connectivity index (χ0v) is 12.1. The van der Waals surface area contributed by atoms with Gasteiger partial charge < -0.3 is 5.11 Å². The van der Waals surface area contributed by atoms with Gasteiger partial charge in [-0.15, -0.1) is 0 Å². The topological polar surface area (TPSA) is 54.2 Å². The quantitative estimate of drug-likeness (QED) is 0.931. The van der Waals surface area contributed by atoms with Gasteiger partial charge in [0.05, 0.1) is 6.54 Å². The molecule has 1 aromatic heterocycles. The molecule has 20 heavy (non-hydrogen) atoms. The molecule has 5 nitrogen and oxygen atoms in total. The molecule has 3 rings (SSSR count). The van der Waals surface area contributed by atoms with E-state index in [0.29, 0.717) is 24.7 Å². The monoisotopic (exact) mass is 292 g/mol. The van der Waals surface area contributed by atoms with Crippen LogP contribution in [-0.2, 0) is 18.7 Å². The van der Waals surface area contributed by atoms with Crippen molar-refractivity contribution in [3.8, 4) is 0 Å². The molecule has 1 aliphatic rings. The maximum atomic E-state index is 10.6. The van der Waals surface area contributed by atoms with Crippen LogP contribution in [0.5, 0.6) is 0 Å². The fourth-order valence-corrected chi connectivity index (χ4v) is 2.75. The lowest BCUT2D eigenvalue weighted by molar-refractivity contribution is -0.109. The fourth-order valence-electron chi connectivity index (χ4n) is 2.62. The zero-order valence-electron chi connectivity index (χ0n) is 11.3. The summed E-state index contributed by atoms with van der Waals surface area (Å²) in [5.41, 5.74) is 0.136. The van der Waals surface area contributed by atoms with E-state index in [1.54, 1.807) is 6.33 Å². The van der Waals surface area contributed by atoms with E-state index in [2.05, 4.69) is 15.0 Å². The molecule has 1 fully saturated rings. The molecule has 6 heteroatoms. The molecule has 0 radical (unpaired) electrons. The van der Waals surface area contributed by atoms with Crippen LogP contribution in [0.3, 0.4) is 0 Å². The van der Waals surface area contributed by atoms with Crippen LogP contribution in [0.4, 0.5) is 0 Å². The Morgan fingerprint density at radius 2 is 2.00 bits per heavy atom. The van der Waals surface area contributed by atoms with E-state index in [1.165, 1.54) is 0 Å². The molecule has 0 saturated carbocycles. The molecule has 0 aliphatic carbocycles. The number of hydrogen-bond acceptors (Lipinski definition) is 4. The predicted molar refractivity (Wildman–Crippen MR) is 76.3 cm³/mol. The lowest BCUT2D eigenvalue weighted by Gasteiger charge is -2.46. The third-order valence-electron chi connectivity index (χ3n) is 3.71. The number of aliphatic hydroxyl groups is 1. The lowest BCUT2D eigenvalue weighted by atomic mass is 9.86. The average Bonchev–Trinajstić information content (AvgIpc) is 2.85. The molecule has 2 heterocycles. The van der Waals surface area contributed by atoms with E-state index in [1.807, 2.05) is 35.9 Å². The van der Waals surface area contributed by atoms with E-state index in [4.69, 9.17) is 11.6 Å². The Labute approximate surface area is 122 Å². The Morgan fingerprint density at radius 3 is 2.65 bits per heavy atom. The van der Waals surface area contributed by atoms with Gasteiger partial charge in [-0.3, -0.25) is 4.90 Å². The molecular weight excluding hydrogens is 276 g/mol. The van der Waals surface area contributed by atoms with Gasteiger partial charge in [-0.05, 0) is 24.6 Å². The van der Waals surface area contributed by atoms with Crippen LogP contribution in [0.2, 0.25) is 5.02 Å². The summed E-state index contributed by atoms with van der Waals surface area (Å²) in [6, 6.07) is 7.39.